The molecule has 11 heteroatoms. The van der Waals surface area contributed by atoms with E-state index < -0.39 is 0 Å². The number of aromatic nitrogens is 8. The highest BCUT2D eigenvalue weighted by molar-refractivity contribution is 7.25. The normalized spacial score (nSPS) is 12.2. The van der Waals surface area contributed by atoms with Gasteiger partial charge in [0.25, 0.3) is 0 Å². The van der Waals surface area contributed by atoms with E-state index in [1.54, 1.807) is 34.0 Å². The first-order chi connectivity index (χ1) is 52.4. The first kappa shape index (κ1) is 65.1. The molecule has 0 unspecified atom stereocenters. The lowest BCUT2D eigenvalue weighted by molar-refractivity contribution is 0.804. The van der Waals surface area contributed by atoms with Crippen molar-refractivity contribution in [1.29, 1.82) is 0 Å². The van der Waals surface area contributed by atoms with Crippen molar-refractivity contribution in [3.8, 4) is 106 Å². The van der Waals surface area contributed by atoms with Gasteiger partial charge in [0.15, 0.2) is 0 Å². The van der Waals surface area contributed by atoms with Gasteiger partial charge in [-0.3, -0.25) is 0 Å². The van der Waals surface area contributed by atoms with Gasteiger partial charge in [-0.1, -0.05) is 221 Å². The van der Waals surface area contributed by atoms with Gasteiger partial charge in [-0.25, -0.2) is 24.6 Å². The zero-order valence-corrected chi connectivity index (χ0v) is 62.1. The monoisotopic (exact) mass is 1430 g/mol. The smallest absolute Gasteiger partial charge is 0.113 e. The molecule has 0 saturated carbocycles. The Morgan fingerprint density at radius 3 is 0.710 bits per heavy atom. The maximum absolute atomic E-state index is 5.65. The summed E-state index contributed by atoms with van der Waals surface area (Å²) < 4.78 is 8.54. The van der Waals surface area contributed by atoms with Crippen molar-refractivity contribution in [1.82, 2.24) is 39.9 Å². The van der Waals surface area contributed by atoms with Crippen LogP contribution in [0.25, 0.3) is 194 Å². The molecule has 7 aromatic heterocycles. The second-order valence-corrected chi connectivity index (χ2v) is 31.3. The predicted molar refractivity (Wildman–Crippen MR) is 454 cm³/mol. The summed E-state index contributed by atoms with van der Waals surface area (Å²) in [5, 5.41) is 9.62. The SMILES string of the molecule is Cc1ccc(-c2c3nc(c(-c4ccc(C)cc4)c4ccc(s4)c(-c4ccc(-c5cn(-c6ccc(-c7c8nc(c(-c9ccc(C)cc9)c9ccc(s9)c(-c9ccc(C)cc9)c9nc(c(-c%10ccc(C)cc%10)c%10ccc7s%10)C=C9)C=C8)cc6)nn5)cc4)c4nc(c(-c5ccc(C)cc5)c5ccc2[nH]5)C=C4)C=C3)cc1. The third-order valence-corrected chi connectivity index (χ3v) is 23.9. The number of aryl methyl sites for hydroxylation is 6. The lowest BCUT2D eigenvalue weighted by atomic mass is 10.0. The van der Waals surface area contributed by atoms with E-state index in [0.717, 1.165) is 191 Å². The summed E-state index contributed by atoms with van der Waals surface area (Å²) in [5.74, 6) is 0. The number of aromatic amines is 1. The van der Waals surface area contributed by atoms with Crippen LogP contribution in [0, 0.1) is 41.5 Å². The molecule has 0 spiro atoms. The van der Waals surface area contributed by atoms with Gasteiger partial charge in [0, 0.05) is 89.3 Å². The van der Waals surface area contributed by atoms with E-state index in [4.69, 9.17) is 30.2 Å². The minimum Gasteiger partial charge on any atom is -0.354 e. The average molecular weight is 1430 g/mol. The number of hydrogen-bond acceptors (Lipinski definition) is 9. The van der Waals surface area contributed by atoms with Gasteiger partial charge in [0.05, 0.1) is 57.4 Å². The first-order valence-corrected chi connectivity index (χ1v) is 38.5. The molecule has 19 rings (SSSR count). The van der Waals surface area contributed by atoms with Gasteiger partial charge in [0.1, 0.15) is 5.69 Å². The molecule has 0 amide bonds. The van der Waals surface area contributed by atoms with E-state index in [1.807, 2.05) is 10.9 Å². The van der Waals surface area contributed by atoms with Crippen LogP contribution in [0.5, 0.6) is 0 Å². The Bertz CT molecular complexity index is 6110. The lowest BCUT2D eigenvalue weighted by Gasteiger charge is -2.07. The Balaban J connectivity index is 0.731. The van der Waals surface area contributed by atoms with Crippen molar-refractivity contribution < 1.29 is 0 Å². The van der Waals surface area contributed by atoms with Crippen LogP contribution >= 0.6 is 34.0 Å². The maximum atomic E-state index is 5.65. The number of rotatable bonds is 10. The van der Waals surface area contributed by atoms with Gasteiger partial charge in [-0.05, 0) is 195 Å². The van der Waals surface area contributed by atoms with Crippen LogP contribution in [-0.4, -0.2) is 39.9 Å². The second kappa shape index (κ2) is 26.8. The van der Waals surface area contributed by atoms with Gasteiger partial charge in [-0.2, -0.15) is 0 Å². The summed E-state index contributed by atoms with van der Waals surface area (Å²) in [6, 6.07) is 88.1. The summed E-state index contributed by atoms with van der Waals surface area (Å²) in [5.41, 5.74) is 36.1. The molecule has 0 atom stereocenters. The fourth-order valence-corrected chi connectivity index (χ4v) is 18.4. The highest BCUT2D eigenvalue weighted by Crippen LogP contribution is 2.46. The summed E-state index contributed by atoms with van der Waals surface area (Å²) in [4.78, 5) is 26.3. The molecule has 4 aliphatic rings. The quantitative estimate of drug-likeness (QED) is 0.146. The summed E-state index contributed by atoms with van der Waals surface area (Å²) in [6.07, 6.45) is 19.5. The van der Waals surface area contributed by atoms with Gasteiger partial charge in [0.2, 0.25) is 0 Å². The van der Waals surface area contributed by atoms with Crippen molar-refractivity contribution >= 4 is 122 Å². The van der Waals surface area contributed by atoms with E-state index in [9.17, 15) is 0 Å². The molecule has 0 fully saturated rings. The zero-order chi connectivity index (χ0) is 72.0. The van der Waals surface area contributed by atoms with E-state index in [-0.39, 0.29) is 0 Å². The Labute approximate surface area is 632 Å². The highest BCUT2D eigenvalue weighted by Gasteiger charge is 2.24. The molecule has 16 bridgehead atoms. The Kier molecular flexibility index (Phi) is 16.3. The van der Waals surface area contributed by atoms with Crippen LogP contribution in [-0.2, 0) is 0 Å². The molecule has 15 aromatic rings. The minimum absolute atomic E-state index is 0.751. The molecule has 510 valence electrons. The van der Waals surface area contributed by atoms with Gasteiger partial charge >= 0.3 is 0 Å². The Hall–Kier alpha value is -12.6. The highest BCUT2D eigenvalue weighted by atomic mass is 32.1. The van der Waals surface area contributed by atoms with Crippen LogP contribution in [0.15, 0.2) is 249 Å². The minimum atomic E-state index is 0.751. The van der Waals surface area contributed by atoms with Crippen LogP contribution in [0.2, 0.25) is 0 Å². The summed E-state index contributed by atoms with van der Waals surface area (Å²) in [7, 11) is 0. The van der Waals surface area contributed by atoms with E-state index in [1.165, 1.54) is 33.4 Å². The third-order valence-electron chi connectivity index (χ3n) is 20.6. The van der Waals surface area contributed by atoms with Crippen LogP contribution in [0.1, 0.15) is 78.9 Å². The number of thiophene rings is 3. The number of H-pyrrole nitrogens is 1. The van der Waals surface area contributed by atoms with E-state index in [2.05, 4.69) is 338 Å². The number of benzene rings is 8. The number of nitrogens with one attached hydrogen (secondary N) is 1. The molecule has 4 aliphatic heterocycles. The van der Waals surface area contributed by atoms with Crippen molar-refractivity contribution in [2.45, 2.75) is 41.5 Å². The molecule has 0 aliphatic carbocycles. The summed E-state index contributed by atoms with van der Waals surface area (Å²) >= 11 is 5.32. The molecule has 1 N–H and O–H groups in total. The van der Waals surface area contributed by atoms with Gasteiger partial charge in [-0.15, -0.1) is 39.1 Å². The first-order valence-electron chi connectivity index (χ1n) is 36.0. The van der Waals surface area contributed by atoms with E-state index >= 15 is 0 Å². The maximum Gasteiger partial charge on any atom is 0.113 e. The molecule has 11 heterocycles. The molecular formula is C96H68N8S3. The van der Waals surface area contributed by atoms with Crippen LogP contribution in [0.3, 0.4) is 0 Å². The molecule has 0 radical (unpaired) electrons. The molecule has 8 nitrogen and oxygen atoms in total. The molecule has 107 heavy (non-hydrogen) atoms. The Morgan fingerprint density at radius 1 is 0.234 bits per heavy atom. The second-order valence-electron chi connectivity index (χ2n) is 28.0. The average Bonchev–Trinajstić information content (AvgIpc) is 1.63. The van der Waals surface area contributed by atoms with Crippen molar-refractivity contribution in [2.75, 3.05) is 0 Å². The predicted octanol–water partition coefficient (Wildman–Crippen LogP) is 26.3. The fraction of sp³-hybridized carbons (Fsp3) is 0.0625. The van der Waals surface area contributed by atoms with Crippen LogP contribution < -0.4 is 0 Å². The molecule has 8 aromatic carbocycles. The molecular weight excluding hydrogens is 1360 g/mol. The van der Waals surface area contributed by atoms with Crippen molar-refractivity contribution in [2.24, 2.45) is 0 Å². The number of nitrogens with zero attached hydrogens (tertiary/aromatic N) is 7. The van der Waals surface area contributed by atoms with Crippen LogP contribution in [0.4, 0.5) is 0 Å². The number of fused-ring (bicyclic) bond motifs is 16. The zero-order valence-electron chi connectivity index (χ0n) is 59.6. The fourth-order valence-electron chi connectivity index (χ4n) is 14.9. The topological polar surface area (TPSA) is 98.1 Å². The lowest BCUT2D eigenvalue weighted by Crippen LogP contribution is -1.94. The van der Waals surface area contributed by atoms with Crippen molar-refractivity contribution in [3.05, 3.63) is 328 Å². The van der Waals surface area contributed by atoms with Crippen molar-refractivity contribution in [3.63, 3.8) is 0 Å². The van der Waals surface area contributed by atoms with Gasteiger partial charge < -0.3 is 4.98 Å². The number of hydrogen-bond donors (Lipinski definition) is 1. The summed E-state index contributed by atoms with van der Waals surface area (Å²) in [6.45, 7) is 12.8. The largest absolute Gasteiger partial charge is 0.354 e. The molecule has 0 saturated heterocycles. The third kappa shape index (κ3) is 12.2. The standard InChI is InChI=1S/C96H68N8S3/c1-56-7-19-63(20-8-56)89-72-39-40-73(97-72)90(64-21-9-57(2)10-22-64)75-42-44-77(99-75)95(87-53-51-83(106-87)91(76-43-41-74(89)98-76)65-23-11-58(3)12-24-65)69-33-31-62(32-34-69)82-55-104(103-102-82)71-37-35-70(36-38-71)96-81-48-47-80(101-81)94(68-29-17-61(6)18-30-68)85-50-49-84(105-85)92(66-25-13-59(4)14-26-66)78-45-46-79(100-78)93(86-52-54-88(96)107-86)67-27-15-60(5)16-28-67/h7-55,97H,1-6H3. The van der Waals surface area contributed by atoms with E-state index in [0.29, 0.717) is 0 Å². The Morgan fingerprint density at radius 2 is 0.449 bits per heavy atom.